The van der Waals surface area contributed by atoms with Crippen LogP contribution in [0.15, 0.2) is 18.2 Å². The highest BCUT2D eigenvalue weighted by Gasteiger charge is 2.50. The first-order valence-electron chi connectivity index (χ1n) is 10.2. The summed E-state index contributed by atoms with van der Waals surface area (Å²) in [5.41, 5.74) is 0.596. The van der Waals surface area contributed by atoms with Crippen molar-refractivity contribution in [2.24, 2.45) is 11.3 Å². The van der Waals surface area contributed by atoms with Gasteiger partial charge in [0, 0.05) is 32.2 Å². The predicted molar refractivity (Wildman–Crippen MR) is 115 cm³/mol. The number of halogens is 4. The molecule has 0 radical (unpaired) electrons. The Kier molecular flexibility index (Phi) is 8.71. The first-order valence-corrected chi connectivity index (χ1v) is 10.2. The number of hydrogen-bond acceptors (Lipinski definition) is 3. The van der Waals surface area contributed by atoms with Gasteiger partial charge in [0.05, 0.1) is 5.41 Å². The van der Waals surface area contributed by atoms with Crippen LogP contribution in [-0.2, 0) is 11.3 Å². The third-order valence-corrected chi connectivity index (χ3v) is 6.80. The zero-order chi connectivity index (χ0) is 18.9. The van der Waals surface area contributed by atoms with E-state index >= 15 is 0 Å². The van der Waals surface area contributed by atoms with Crippen LogP contribution in [0.2, 0.25) is 0 Å². The number of nitrogens with one attached hydrogen (secondary N) is 2. The standard InChI is InChI=1S/C21H29F2N3O.2ClH/c22-18-5-4-15(11-19(18)23)13-26-9-6-17(7-10-26)25-20(27)21-8-2-1-3-16(21)12-24-14-21;;/h4-5,11,16-17,24H,1-3,6-10,12-14H2,(H,25,27);2*1H/t16-,21+;;/m0../s1. The Hall–Kier alpha value is -0.950. The Labute approximate surface area is 184 Å². The lowest BCUT2D eigenvalue weighted by atomic mass is 9.67. The Morgan fingerprint density at radius 2 is 1.90 bits per heavy atom. The van der Waals surface area contributed by atoms with Gasteiger partial charge in [0.1, 0.15) is 0 Å². The molecule has 1 amide bonds. The second-order valence-corrected chi connectivity index (χ2v) is 8.50. The van der Waals surface area contributed by atoms with Crippen LogP contribution in [0.5, 0.6) is 0 Å². The highest BCUT2D eigenvalue weighted by Crippen LogP contribution is 2.44. The highest BCUT2D eigenvalue weighted by molar-refractivity contribution is 5.85. The van der Waals surface area contributed by atoms with Gasteiger partial charge in [0.15, 0.2) is 11.6 Å². The van der Waals surface area contributed by atoms with Crippen molar-refractivity contribution < 1.29 is 13.6 Å². The van der Waals surface area contributed by atoms with Gasteiger partial charge in [-0.1, -0.05) is 18.9 Å². The van der Waals surface area contributed by atoms with Crippen LogP contribution in [0, 0.1) is 23.0 Å². The fourth-order valence-corrected chi connectivity index (χ4v) is 5.15. The van der Waals surface area contributed by atoms with Gasteiger partial charge in [0.2, 0.25) is 5.91 Å². The van der Waals surface area contributed by atoms with Crippen molar-refractivity contribution in [3.63, 3.8) is 0 Å². The van der Waals surface area contributed by atoms with Crippen LogP contribution in [0.25, 0.3) is 0 Å². The van der Waals surface area contributed by atoms with Gasteiger partial charge in [-0.2, -0.15) is 0 Å². The van der Waals surface area contributed by atoms with Crippen molar-refractivity contribution in [3.8, 4) is 0 Å². The topological polar surface area (TPSA) is 44.4 Å². The fourth-order valence-electron chi connectivity index (χ4n) is 5.15. The van der Waals surface area contributed by atoms with Crippen LogP contribution in [-0.4, -0.2) is 43.0 Å². The second-order valence-electron chi connectivity index (χ2n) is 8.50. The number of carbonyl (C=O) groups excluding carboxylic acids is 1. The van der Waals surface area contributed by atoms with E-state index < -0.39 is 11.6 Å². The fraction of sp³-hybridized carbons (Fsp3) is 0.667. The molecule has 2 aliphatic heterocycles. The number of hydrogen-bond donors (Lipinski definition) is 2. The summed E-state index contributed by atoms with van der Waals surface area (Å²) < 4.78 is 26.4. The van der Waals surface area contributed by atoms with Crippen molar-refractivity contribution in [1.29, 1.82) is 0 Å². The van der Waals surface area contributed by atoms with E-state index in [2.05, 4.69) is 15.5 Å². The minimum absolute atomic E-state index is 0. The summed E-state index contributed by atoms with van der Waals surface area (Å²) in [7, 11) is 0. The average molecular weight is 450 g/mol. The molecule has 2 heterocycles. The van der Waals surface area contributed by atoms with Crippen LogP contribution < -0.4 is 10.6 Å². The molecule has 8 heteroatoms. The number of fused-ring (bicyclic) bond motifs is 1. The lowest BCUT2D eigenvalue weighted by molar-refractivity contribution is -0.135. The molecule has 1 aliphatic carbocycles. The minimum Gasteiger partial charge on any atom is -0.353 e. The SMILES string of the molecule is Cl.Cl.O=C(NC1CCN(Cc2ccc(F)c(F)c2)CC1)[C@@]12CCCC[C@H]1CNC2. The Bertz CT molecular complexity index is 701. The number of nitrogens with zero attached hydrogens (tertiary/aromatic N) is 1. The van der Waals surface area contributed by atoms with Crippen LogP contribution >= 0.6 is 24.8 Å². The minimum atomic E-state index is -0.804. The Balaban J connectivity index is 0.00000150. The molecule has 0 aromatic heterocycles. The molecular weight excluding hydrogens is 419 g/mol. The van der Waals surface area contributed by atoms with Crippen molar-refractivity contribution in [2.45, 2.75) is 51.1 Å². The third-order valence-electron chi connectivity index (χ3n) is 6.80. The van der Waals surface area contributed by atoms with Crippen molar-refractivity contribution >= 4 is 30.7 Å². The summed E-state index contributed by atoms with van der Waals surface area (Å²) in [5, 5.41) is 6.78. The number of likely N-dealkylation sites (tertiary alicyclic amines) is 1. The summed E-state index contributed by atoms with van der Waals surface area (Å²) in [6.07, 6.45) is 6.37. The van der Waals surface area contributed by atoms with Gasteiger partial charge < -0.3 is 10.6 Å². The monoisotopic (exact) mass is 449 g/mol. The molecule has 2 saturated heterocycles. The molecule has 0 bridgehead atoms. The molecule has 0 unspecified atom stereocenters. The van der Waals surface area contributed by atoms with Gasteiger partial charge in [-0.05, 0) is 55.8 Å². The molecule has 1 aromatic rings. The Morgan fingerprint density at radius 1 is 1.14 bits per heavy atom. The molecule has 2 N–H and O–H groups in total. The van der Waals surface area contributed by atoms with E-state index in [1.807, 2.05) is 0 Å². The summed E-state index contributed by atoms with van der Waals surface area (Å²) in [5.74, 6) is -0.862. The van der Waals surface area contributed by atoms with Crippen LogP contribution in [0.4, 0.5) is 8.78 Å². The average Bonchev–Trinajstić information content (AvgIpc) is 3.12. The maximum atomic E-state index is 13.4. The maximum Gasteiger partial charge on any atom is 0.228 e. The number of amides is 1. The van der Waals surface area contributed by atoms with E-state index in [1.54, 1.807) is 6.07 Å². The summed E-state index contributed by atoms with van der Waals surface area (Å²) in [4.78, 5) is 15.3. The highest BCUT2D eigenvalue weighted by atomic mass is 35.5. The Morgan fingerprint density at radius 3 is 2.62 bits per heavy atom. The van der Waals surface area contributed by atoms with E-state index in [0.717, 1.165) is 63.8 Å². The molecular formula is C21H31Cl2F2N3O. The number of rotatable bonds is 4. The molecule has 29 heavy (non-hydrogen) atoms. The first-order chi connectivity index (χ1) is 13.1. The number of benzene rings is 1. The second kappa shape index (κ2) is 10.4. The van der Waals surface area contributed by atoms with E-state index in [9.17, 15) is 13.6 Å². The molecule has 3 fully saturated rings. The zero-order valence-electron chi connectivity index (χ0n) is 16.6. The molecule has 1 aromatic carbocycles. The van der Waals surface area contributed by atoms with Gasteiger partial charge >= 0.3 is 0 Å². The maximum absolute atomic E-state index is 13.4. The van der Waals surface area contributed by atoms with E-state index in [4.69, 9.17) is 0 Å². The van der Waals surface area contributed by atoms with E-state index in [0.29, 0.717) is 12.5 Å². The van der Waals surface area contributed by atoms with Crippen molar-refractivity contribution in [3.05, 3.63) is 35.4 Å². The smallest absolute Gasteiger partial charge is 0.228 e. The van der Waals surface area contributed by atoms with Crippen LogP contribution in [0.3, 0.4) is 0 Å². The van der Waals surface area contributed by atoms with Gasteiger partial charge in [-0.15, -0.1) is 24.8 Å². The predicted octanol–water partition coefficient (Wildman–Crippen LogP) is 3.67. The van der Waals surface area contributed by atoms with E-state index in [-0.39, 0.29) is 42.2 Å². The summed E-state index contributed by atoms with van der Waals surface area (Å²) in [6.45, 7) is 4.13. The summed E-state index contributed by atoms with van der Waals surface area (Å²) in [6, 6.07) is 4.32. The van der Waals surface area contributed by atoms with Crippen molar-refractivity contribution in [2.75, 3.05) is 26.2 Å². The quantitative estimate of drug-likeness (QED) is 0.736. The number of carbonyl (C=O) groups is 1. The zero-order valence-corrected chi connectivity index (χ0v) is 18.2. The summed E-state index contributed by atoms with van der Waals surface area (Å²) >= 11 is 0. The molecule has 1 saturated carbocycles. The molecule has 164 valence electrons. The van der Waals surface area contributed by atoms with E-state index in [1.165, 1.54) is 18.6 Å². The molecule has 4 rings (SSSR count). The molecule has 3 aliphatic rings. The first kappa shape index (κ1) is 24.3. The van der Waals surface area contributed by atoms with Gasteiger partial charge in [0.25, 0.3) is 0 Å². The van der Waals surface area contributed by atoms with Crippen molar-refractivity contribution in [1.82, 2.24) is 15.5 Å². The number of piperidine rings is 1. The van der Waals surface area contributed by atoms with Gasteiger partial charge in [-0.3, -0.25) is 9.69 Å². The molecule has 2 atom stereocenters. The molecule has 4 nitrogen and oxygen atoms in total. The van der Waals surface area contributed by atoms with Gasteiger partial charge in [-0.25, -0.2) is 8.78 Å². The normalized spacial score (nSPS) is 27.4. The lowest BCUT2D eigenvalue weighted by Crippen LogP contribution is -2.53. The third kappa shape index (κ3) is 5.22. The largest absolute Gasteiger partial charge is 0.353 e. The molecule has 0 spiro atoms. The lowest BCUT2D eigenvalue weighted by Gasteiger charge is -2.39. The van der Waals surface area contributed by atoms with Crippen LogP contribution in [0.1, 0.15) is 44.1 Å².